The van der Waals surface area contributed by atoms with E-state index in [9.17, 15) is 4.79 Å². The molecule has 2 N–H and O–H groups in total. The van der Waals surface area contributed by atoms with E-state index in [4.69, 9.17) is 5.11 Å². The van der Waals surface area contributed by atoms with Crippen LogP contribution in [0.4, 0.5) is 0 Å². The van der Waals surface area contributed by atoms with Gasteiger partial charge in [-0.15, -0.1) is 0 Å². The van der Waals surface area contributed by atoms with E-state index in [0.717, 1.165) is 5.92 Å². The first kappa shape index (κ1) is 9.26. The Morgan fingerprint density at radius 1 is 1.75 bits per heavy atom. The SMILES string of the molecule is CC1CC1C=CC(=O)NCCO. The van der Waals surface area contributed by atoms with Crippen molar-refractivity contribution in [3.05, 3.63) is 12.2 Å². The Hall–Kier alpha value is -0.830. The lowest BCUT2D eigenvalue weighted by molar-refractivity contribution is -0.116. The number of hydrogen-bond donors (Lipinski definition) is 2. The summed E-state index contributed by atoms with van der Waals surface area (Å²) < 4.78 is 0. The van der Waals surface area contributed by atoms with E-state index in [0.29, 0.717) is 12.5 Å². The Balaban J connectivity index is 2.12. The van der Waals surface area contributed by atoms with Crippen molar-refractivity contribution in [2.75, 3.05) is 13.2 Å². The molecule has 0 aliphatic heterocycles. The second kappa shape index (κ2) is 4.26. The van der Waals surface area contributed by atoms with Crippen LogP contribution >= 0.6 is 0 Å². The Bertz CT molecular complexity index is 189. The van der Waals surface area contributed by atoms with Gasteiger partial charge >= 0.3 is 0 Å². The lowest BCUT2D eigenvalue weighted by Crippen LogP contribution is -2.24. The molecule has 1 fully saturated rings. The van der Waals surface area contributed by atoms with E-state index in [1.807, 2.05) is 6.08 Å². The molecule has 68 valence electrons. The maximum absolute atomic E-state index is 10.9. The molecule has 0 heterocycles. The van der Waals surface area contributed by atoms with Crippen molar-refractivity contribution in [2.45, 2.75) is 13.3 Å². The molecule has 2 atom stereocenters. The number of hydrogen-bond acceptors (Lipinski definition) is 2. The van der Waals surface area contributed by atoms with Gasteiger partial charge in [-0.3, -0.25) is 4.79 Å². The van der Waals surface area contributed by atoms with Crippen LogP contribution in [0.1, 0.15) is 13.3 Å². The average molecular weight is 169 g/mol. The van der Waals surface area contributed by atoms with Gasteiger partial charge in [0.15, 0.2) is 0 Å². The standard InChI is InChI=1S/C9H15NO2/c1-7-6-8(7)2-3-9(12)10-4-5-11/h2-3,7-8,11H,4-6H2,1H3,(H,10,12). The zero-order chi connectivity index (χ0) is 8.97. The Kier molecular flexibility index (Phi) is 3.29. The van der Waals surface area contributed by atoms with E-state index in [1.165, 1.54) is 6.42 Å². The van der Waals surface area contributed by atoms with Crippen molar-refractivity contribution >= 4 is 5.91 Å². The molecule has 0 bridgehead atoms. The van der Waals surface area contributed by atoms with Crippen molar-refractivity contribution in [3.63, 3.8) is 0 Å². The molecular formula is C9H15NO2. The zero-order valence-corrected chi connectivity index (χ0v) is 7.29. The first-order valence-corrected chi connectivity index (χ1v) is 4.31. The minimum atomic E-state index is -0.108. The van der Waals surface area contributed by atoms with Crippen LogP contribution in [0.15, 0.2) is 12.2 Å². The number of amides is 1. The topological polar surface area (TPSA) is 49.3 Å². The monoisotopic (exact) mass is 169 g/mol. The van der Waals surface area contributed by atoms with E-state index in [1.54, 1.807) is 6.08 Å². The van der Waals surface area contributed by atoms with Gasteiger partial charge < -0.3 is 10.4 Å². The third kappa shape index (κ3) is 3.05. The van der Waals surface area contributed by atoms with Crippen LogP contribution in [-0.2, 0) is 4.79 Å². The summed E-state index contributed by atoms with van der Waals surface area (Å²) >= 11 is 0. The summed E-state index contributed by atoms with van der Waals surface area (Å²) in [7, 11) is 0. The first-order valence-electron chi connectivity index (χ1n) is 4.31. The number of aliphatic hydroxyl groups excluding tert-OH is 1. The minimum Gasteiger partial charge on any atom is -0.395 e. The molecule has 0 aromatic heterocycles. The zero-order valence-electron chi connectivity index (χ0n) is 7.29. The van der Waals surface area contributed by atoms with Crippen molar-refractivity contribution in [1.82, 2.24) is 5.32 Å². The molecule has 12 heavy (non-hydrogen) atoms. The van der Waals surface area contributed by atoms with Gasteiger partial charge in [-0.05, 0) is 24.3 Å². The van der Waals surface area contributed by atoms with E-state index in [2.05, 4.69) is 12.2 Å². The highest BCUT2D eigenvalue weighted by Gasteiger charge is 2.29. The predicted molar refractivity (Wildman–Crippen MR) is 46.5 cm³/mol. The highest BCUT2D eigenvalue weighted by atomic mass is 16.3. The summed E-state index contributed by atoms with van der Waals surface area (Å²) in [5.41, 5.74) is 0. The molecule has 1 amide bonds. The molecule has 0 saturated heterocycles. The normalized spacial score (nSPS) is 27.5. The number of rotatable bonds is 4. The summed E-state index contributed by atoms with van der Waals surface area (Å²) in [6, 6.07) is 0. The molecule has 1 rings (SSSR count). The number of carbonyl (C=O) groups excluding carboxylic acids is 1. The summed E-state index contributed by atoms with van der Waals surface area (Å²) in [6.45, 7) is 2.50. The summed E-state index contributed by atoms with van der Waals surface area (Å²) in [5, 5.41) is 11.0. The van der Waals surface area contributed by atoms with E-state index >= 15 is 0 Å². The van der Waals surface area contributed by atoms with Crippen LogP contribution in [0.2, 0.25) is 0 Å². The minimum absolute atomic E-state index is 0.000584. The predicted octanol–water partition coefficient (Wildman–Crippen LogP) is 0.307. The van der Waals surface area contributed by atoms with Gasteiger partial charge in [0, 0.05) is 6.54 Å². The van der Waals surface area contributed by atoms with Gasteiger partial charge in [-0.2, -0.15) is 0 Å². The van der Waals surface area contributed by atoms with Gasteiger partial charge in [0.2, 0.25) is 5.91 Å². The lowest BCUT2D eigenvalue weighted by Gasteiger charge is -1.96. The van der Waals surface area contributed by atoms with Crippen LogP contribution in [0.5, 0.6) is 0 Å². The van der Waals surface area contributed by atoms with E-state index < -0.39 is 0 Å². The van der Waals surface area contributed by atoms with Gasteiger partial charge in [0.05, 0.1) is 6.61 Å². The molecule has 0 radical (unpaired) electrons. The maximum atomic E-state index is 10.9. The molecule has 0 aromatic rings. The molecule has 0 spiro atoms. The van der Waals surface area contributed by atoms with Gasteiger partial charge in [0.25, 0.3) is 0 Å². The summed E-state index contributed by atoms with van der Waals surface area (Å²) in [6.07, 6.45) is 4.70. The highest BCUT2D eigenvalue weighted by Crippen LogP contribution is 2.38. The van der Waals surface area contributed by atoms with Crippen LogP contribution in [0.25, 0.3) is 0 Å². The molecule has 1 aliphatic rings. The van der Waals surface area contributed by atoms with Crippen LogP contribution in [-0.4, -0.2) is 24.2 Å². The first-order chi connectivity index (χ1) is 5.74. The van der Waals surface area contributed by atoms with Gasteiger partial charge in [-0.25, -0.2) is 0 Å². The third-order valence-corrected chi connectivity index (χ3v) is 2.08. The molecule has 0 aromatic carbocycles. The molecule has 2 unspecified atom stereocenters. The van der Waals surface area contributed by atoms with Crippen LogP contribution in [0.3, 0.4) is 0 Å². The number of aliphatic hydroxyl groups is 1. The molecular weight excluding hydrogens is 154 g/mol. The van der Waals surface area contributed by atoms with Crippen LogP contribution < -0.4 is 5.32 Å². The van der Waals surface area contributed by atoms with Gasteiger partial charge in [0.1, 0.15) is 0 Å². The highest BCUT2D eigenvalue weighted by molar-refractivity contribution is 5.87. The van der Waals surface area contributed by atoms with Crippen molar-refractivity contribution < 1.29 is 9.90 Å². The fourth-order valence-electron chi connectivity index (χ4n) is 1.07. The quantitative estimate of drug-likeness (QED) is 0.595. The average Bonchev–Trinajstić information content (AvgIpc) is 2.75. The molecule has 3 heteroatoms. The molecule has 1 saturated carbocycles. The largest absolute Gasteiger partial charge is 0.395 e. The lowest BCUT2D eigenvalue weighted by atomic mass is 10.3. The fourth-order valence-corrected chi connectivity index (χ4v) is 1.07. The summed E-state index contributed by atoms with van der Waals surface area (Å²) in [5.74, 6) is 1.24. The number of nitrogens with one attached hydrogen (secondary N) is 1. The number of allylic oxidation sites excluding steroid dienone is 1. The Labute approximate surface area is 72.5 Å². The van der Waals surface area contributed by atoms with Crippen molar-refractivity contribution in [1.29, 1.82) is 0 Å². The fraction of sp³-hybridized carbons (Fsp3) is 0.667. The maximum Gasteiger partial charge on any atom is 0.243 e. The molecule has 3 nitrogen and oxygen atoms in total. The van der Waals surface area contributed by atoms with Crippen LogP contribution in [0, 0.1) is 11.8 Å². The smallest absolute Gasteiger partial charge is 0.243 e. The molecule has 1 aliphatic carbocycles. The van der Waals surface area contributed by atoms with Gasteiger partial charge in [-0.1, -0.05) is 13.0 Å². The second-order valence-corrected chi connectivity index (χ2v) is 3.25. The Morgan fingerprint density at radius 3 is 2.92 bits per heavy atom. The Morgan fingerprint density at radius 2 is 2.42 bits per heavy atom. The second-order valence-electron chi connectivity index (χ2n) is 3.25. The van der Waals surface area contributed by atoms with Crippen molar-refractivity contribution in [3.8, 4) is 0 Å². The van der Waals surface area contributed by atoms with Crippen molar-refractivity contribution in [2.24, 2.45) is 11.8 Å². The van der Waals surface area contributed by atoms with E-state index in [-0.39, 0.29) is 12.5 Å². The third-order valence-electron chi connectivity index (χ3n) is 2.08. The summed E-state index contributed by atoms with van der Waals surface area (Å²) in [4.78, 5) is 10.9. The number of carbonyl (C=O) groups is 1.